The van der Waals surface area contributed by atoms with Crippen LogP contribution in [0.4, 0.5) is 4.39 Å². The minimum atomic E-state index is -0.286. The van der Waals surface area contributed by atoms with E-state index in [1.165, 1.54) is 12.1 Å². The average Bonchev–Trinajstić information content (AvgIpc) is 2.79. The molecule has 0 aliphatic heterocycles. The van der Waals surface area contributed by atoms with E-state index in [0.29, 0.717) is 5.82 Å². The Kier molecular flexibility index (Phi) is 3.52. The largest absolute Gasteiger partial charge is 0.295 e. The number of benzene rings is 2. The van der Waals surface area contributed by atoms with Gasteiger partial charge in [0, 0.05) is 16.2 Å². The maximum Gasteiger partial charge on any atom is 0.129 e. The van der Waals surface area contributed by atoms with Gasteiger partial charge in [0.2, 0.25) is 0 Å². The lowest BCUT2D eigenvalue weighted by atomic mass is 10.2. The number of hydrogen-bond donors (Lipinski definition) is 0. The summed E-state index contributed by atoms with van der Waals surface area (Å²) >= 11 is 9.49. The Morgan fingerprint density at radius 3 is 2.75 bits per heavy atom. The summed E-state index contributed by atoms with van der Waals surface area (Å²) < 4.78 is 16.4. The molecule has 20 heavy (non-hydrogen) atoms. The van der Waals surface area contributed by atoms with Crippen molar-refractivity contribution in [3.8, 4) is 5.69 Å². The Balaban J connectivity index is 2.32. The minimum Gasteiger partial charge on any atom is -0.295 e. The van der Waals surface area contributed by atoms with Crippen LogP contribution in [0.25, 0.3) is 16.7 Å². The third-order valence-corrected chi connectivity index (χ3v) is 4.31. The molecule has 102 valence electrons. The second-order valence-corrected chi connectivity index (χ2v) is 5.69. The third kappa shape index (κ3) is 2.23. The molecule has 2 aromatic carbocycles. The van der Waals surface area contributed by atoms with Crippen molar-refractivity contribution in [3.05, 3.63) is 58.1 Å². The van der Waals surface area contributed by atoms with Crippen LogP contribution in [0.15, 0.2) is 40.9 Å². The molecule has 2 nitrogen and oxygen atoms in total. The Hall–Kier alpha value is -1.39. The van der Waals surface area contributed by atoms with Gasteiger partial charge in [0.15, 0.2) is 0 Å². The highest BCUT2D eigenvalue weighted by Crippen LogP contribution is 2.26. The van der Waals surface area contributed by atoms with E-state index in [9.17, 15) is 4.39 Å². The molecule has 0 saturated heterocycles. The summed E-state index contributed by atoms with van der Waals surface area (Å²) in [5, 5.41) is 0. The van der Waals surface area contributed by atoms with Gasteiger partial charge in [-0.1, -0.05) is 22.0 Å². The second kappa shape index (κ2) is 5.19. The van der Waals surface area contributed by atoms with Crippen molar-refractivity contribution in [2.45, 2.75) is 12.8 Å². The molecular weight excluding hydrogens is 343 g/mol. The summed E-state index contributed by atoms with van der Waals surface area (Å²) in [6.45, 7) is 2.02. The van der Waals surface area contributed by atoms with E-state index < -0.39 is 0 Å². The Bertz CT molecular complexity index is 798. The van der Waals surface area contributed by atoms with Gasteiger partial charge in [0.1, 0.15) is 11.6 Å². The van der Waals surface area contributed by atoms with Crippen molar-refractivity contribution in [2.24, 2.45) is 0 Å². The van der Waals surface area contributed by atoms with Gasteiger partial charge in [-0.2, -0.15) is 0 Å². The number of fused-ring (bicyclic) bond motifs is 1. The zero-order chi connectivity index (χ0) is 14.3. The fraction of sp³-hybridized carbons (Fsp3) is 0.133. The molecular formula is C15H11BrClFN2. The number of halogens is 3. The molecule has 0 radical (unpaired) electrons. The van der Waals surface area contributed by atoms with Crippen LogP contribution in [0.3, 0.4) is 0 Å². The van der Waals surface area contributed by atoms with E-state index in [2.05, 4.69) is 20.9 Å². The first kappa shape index (κ1) is 13.6. The maximum atomic E-state index is 13.5. The molecule has 1 aromatic heterocycles. The highest BCUT2D eigenvalue weighted by molar-refractivity contribution is 9.10. The van der Waals surface area contributed by atoms with Crippen molar-refractivity contribution in [1.82, 2.24) is 9.55 Å². The molecule has 0 aliphatic carbocycles. The molecule has 0 N–H and O–H groups in total. The molecule has 3 aromatic rings. The van der Waals surface area contributed by atoms with E-state index in [0.717, 1.165) is 26.8 Å². The van der Waals surface area contributed by atoms with Crippen LogP contribution in [-0.2, 0) is 5.88 Å². The molecule has 1 heterocycles. The lowest BCUT2D eigenvalue weighted by Crippen LogP contribution is -1.99. The molecule has 0 unspecified atom stereocenters. The van der Waals surface area contributed by atoms with E-state index >= 15 is 0 Å². The summed E-state index contributed by atoms with van der Waals surface area (Å²) in [7, 11) is 0. The van der Waals surface area contributed by atoms with Crippen molar-refractivity contribution < 1.29 is 4.39 Å². The highest BCUT2D eigenvalue weighted by atomic mass is 79.9. The second-order valence-electron chi connectivity index (χ2n) is 4.56. The van der Waals surface area contributed by atoms with Crippen LogP contribution < -0.4 is 0 Å². The van der Waals surface area contributed by atoms with Crippen molar-refractivity contribution in [1.29, 1.82) is 0 Å². The molecule has 0 atom stereocenters. The zero-order valence-electron chi connectivity index (χ0n) is 10.7. The first-order valence-corrected chi connectivity index (χ1v) is 7.42. The summed E-state index contributed by atoms with van der Waals surface area (Å²) in [6, 6.07) is 10.5. The van der Waals surface area contributed by atoms with E-state index in [-0.39, 0.29) is 11.7 Å². The lowest BCUT2D eigenvalue weighted by molar-refractivity contribution is 0.629. The molecule has 3 rings (SSSR count). The van der Waals surface area contributed by atoms with Crippen LogP contribution in [-0.4, -0.2) is 9.55 Å². The molecule has 0 fully saturated rings. The van der Waals surface area contributed by atoms with Gasteiger partial charge < -0.3 is 0 Å². The van der Waals surface area contributed by atoms with Crippen LogP contribution in [0.5, 0.6) is 0 Å². The summed E-state index contributed by atoms with van der Waals surface area (Å²) in [4.78, 5) is 4.45. The van der Waals surface area contributed by atoms with Gasteiger partial charge in [0.25, 0.3) is 0 Å². The lowest BCUT2D eigenvalue weighted by Gasteiger charge is -2.09. The summed E-state index contributed by atoms with van der Waals surface area (Å²) in [5.41, 5.74) is 3.50. The van der Waals surface area contributed by atoms with Gasteiger partial charge in [-0.3, -0.25) is 4.57 Å². The van der Waals surface area contributed by atoms with Crippen molar-refractivity contribution >= 4 is 38.6 Å². The Morgan fingerprint density at radius 2 is 2.05 bits per heavy atom. The molecule has 0 amide bonds. The molecule has 0 saturated carbocycles. The summed E-state index contributed by atoms with van der Waals surface area (Å²) in [5.74, 6) is 0.677. The van der Waals surface area contributed by atoms with Crippen molar-refractivity contribution in [3.63, 3.8) is 0 Å². The Morgan fingerprint density at radius 1 is 1.25 bits per heavy atom. The number of nitrogens with zero attached hydrogens (tertiary/aromatic N) is 2. The normalized spacial score (nSPS) is 11.2. The predicted octanol–water partition coefficient (Wildman–Crippen LogP) is 4.97. The number of aromatic nitrogens is 2. The average molecular weight is 354 g/mol. The molecule has 0 bridgehead atoms. The number of imidazole rings is 1. The standard InChI is InChI=1S/C15H11BrClFN2/c1-9-2-4-11(7-12(9)16)20-14-6-10(18)3-5-13(14)19-15(20)8-17/h2-7H,8H2,1H3. The smallest absolute Gasteiger partial charge is 0.129 e. The SMILES string of the molecule is Cc1ccc(-n2c(CCl)nc3ccc(F)cc32)cc1Br. The van der Waals surface area contributed by atoms with E-state index in [4.69, 9.17) is 11.6 Å². The monoisotopic (exact) mass is 352 g/mol. The quantitative estimate of drug-likeness (QED) is 0.594. The predicted molar refractivity (Wildman–Crippen MR) is 83.0 cm³/mol. The molecule has 5 heteroatoms. The first-order valence-electron chi connectivity index (χ1n) is 6.09. The number of hydrogen-bond acceptors (Lipinski definition) is 1. The molecule has 0 spiro atoms. The van der Waals surface area contributed by atoms with Crippen LogP contribution >= 0.6 is 27.5 Å². The fourth-order valence-electron chi connectivity index (χ4n) is 2.20. The van der Waals surface area contributed by atoms with Gasteiger partial charge in [-0.25, -0.2) is 9.37 Å². The maximum absolute atomic E-state index is 13.5. The molecule has 0 aliphatic rings. The van der Waals surface area contributed by atoms with E-state index in [1.54, 1.807) is 6.07 Å². The van der Waals surface area contributed by atoms with Crippen molar-refractivity contribution in [2.75, 3.05) is 0 Å². The van der Waals surface area contributed by atoms with Gasteiger partial charge in [-0.15, -0.1) is 11.6 Å². The zero-order valence-corrected chi connectivity index (χ0v) is 13.0. The first-order chi connectivity index (χ1) is 9.60. The minimum absolute atomic E-state index is 0.266. The van der Waals surface area contributed by atoms with Crippen LogP contribution in [0, 0.1) is 12.7 Å². The highest BCUT2D eigenvalue weighted by Gasteiger charge is 2.13. The Labute approximate surface area is 129 Å². The van der Waals surface area contributed by atoms with Gasteiger partial charge in [0.05, 0.1) is 16.9 Å². The summed E-state index contributed by atoms with van der Waals surface area (Å²) in [6.07, 6.45) is 0. The number of alkyl halides is 1. The van der Waals surface area contributed by atoms with Crippen LogP contribution in [0.1, 0.15) is 11.4 Å². The topological polar surface area (TPSA) is 17.8 Å². The van der Waals surface area contributed by atoms with Gasteiger partial charge >= 0.3 is 0 Å². The van der Waals surface area contributed by atoms with Gasteiger partial charge in [-0.05, 0) is 36.8 Å². The number of aryl methyl sites for hydroxylation is 1. The fourth-order valence-corrected chi connectivity index (χ4v) is 2.74. The van der Waals surface area contributed by atoms with Crippen LogP contribution in [0.2, 0.25) is 0 Å². The van der Waals surface area contributed by atoms with E-state index in [1.807, 2.05) is 29.7 Å². The number of rotatable bonds is 2. The third-order valence-electron chi connectivity index (χ3n) is 3.22.